The van der Waals surface area contributed by atoms with Crippen LogP contribution < -0.4 is 4.72 Å². The molecule has 0 saturated carbocycles. The smallest absolute Gasteiger partial charge is 0.325 e. The number of nitriles is 1. The number of carbonyl (C=O) groups excluding carboxylic acids is 2. The number of carbonyl (C=O) groups is 2. The van der Waals surface area contributed by atoms with Gasteiger partial charge in [0.25, 0.3) is 0 Å². The first kappa shape index (κ1) is 17.8. The second-order valence-electron chi connectivity index (χ2n) is 4.63. The molecule has 1 aromatic rings. The first-order valence-electron chi connectivity index (χ1n) is 6.41. The van der Waals surface area contributed by atoms with Crippen molar-refractivity contribution in [3.05, 3.63) is 29.8 Å². The number of nitrogens with zero attached hydrogens (tertiary/aromatic N) is 1. The number of esters is 1. The molecule has 1 N–H and O–H groups in total. The SMILES string of the molecule is CC(=O)c1ccc(S(=O)(=O)N[C@@H](C)C(=O)O[C@H](C)C#N)cc1. The van der Waals surface area contributed by atoms with Crippen molar-refractivity contribution in [2.75, 3.05) is 0 Å². The molecular weight excluding hydrogens is 308 g/mol. The molecule has 0 aliphatic carbocycles. The summed E-state index contributed by atoms with van der Waals surface area (Å²) in [5.41, 5.74) is 0.384. The molecule has 22 heavy (non-hydrogen) atoms. The Morgan fingerprint density at radius 1 is 1.23 bits per heavy atom. The monoisotopic (exact) mass is 324 g/mol. The highest BCUT2D eigenvalue weighted by molar-refractivity contribution is 7.89. The molecule has 1 aromatic carbocycles. The van der Waals surface area contributed by atoms with Crippen LogP contribution in [0.15, 0.2) is 29.2 Å². The third-order valence-corrected chi connectivity index (χ3v) is 4.29. The molecular formula is C14H16N2O5S. The van der Waals surface area contributed by atoms with E-state index >= 15 is 0 Å². The maximum Gasteiger partial charge on any atom is 0.325 e. The minimum Gasteiger partial charge on any atom is -0.446 e. The van der Waals surface area contributed by atoms with Crippen LogP contribution in [-0.2, 0) is 19.6 Å². The molecule has 0 amide bonds. The van der Waals surface area contributed by atoms with Crippen molar-refractivity contribution in [3.8, 4) is 6.07 Å². The Morgan fingerprint density at radius 2 is 1.77 bits per heavy atom. The lowest BCUT2D eigenvalue weighted by Crippen LogP contribution is -2.40. The number of ketones is 1. The second-order valence-corrected chi connectivity index (χ2v) is 6.35. The van der Waals surface area contributed by atoms with E-state index in [-0.39, 0.29) is 10.7 Å². The first-order chi connectivity index (χ1) is 10.2. The molecule has 0 aliphatic rings. The fraction of sp³-hybridized carbons (Fsp3) is 0.357. The fourth-order valence-corrected chi connectivity index (χ4v) is 2.71. The molecule has 7 nitrogen and oxygen atoms in total. The molecule has 0 aromatic heterocycles. The van der Waals surface area contributed by atoms with Gasteiger partial charge in [0.2, 0.25) is 10.0 Å². The van der Waals surface area contributed by atoms with Crippen molar-refractivity contribution in [2.45, 2.75) is 37.8 Å². The zero-order valence-corrected chi connectivity index (χ0v) is 13.2. The van der Waals surface area contributed by atoms with Gasteiger partial charge in [0.1, 0.15) is 12.1 Å². The van der Waals surface area contributed by atoms with Crippen molar-refractivity contribution in [2.24, 2.45) is 0 Å². The van der Waals surface area contributed by atoms with Gasteiger partial charge in [0, 0.05) is 5.56 Å². The number of ether oxygens (including phenoxy) is 1. The summed E-state index contributed by atoms with van der Waals surface area (Å²) in [6, 6.07) is 5.88. The molecule has 8 heteroatoms. The Morgan fingerprint density at radius 3 is 2.23 bits per heavy atom. The van der Waals surface area contributed by atoms with Crippen LogP contribution in [0.4, 0.5) is 0 Å². The van der Waals surface area contributed by atoms with Gasteiger partial charge < -0.3 is 4.74 Å². The van der Waals surface area contributed by atoms with Crippen LogP contribution in [0.2, 0.25) is 0 Å². The number of benzene rings is 1. The summed E-state index contributed by atoms with van der Waals surface area (Å²) in [5.74, 6) is -1.03. The fourth-order valence-electron chi connectivity index (χ4n) is 1.52. The van der Waals surface area contributed by atoms with E-state index in [1.165, 1.54) is 45.0 Å². The largest absolute Gasteiger partial charge is 0.446 e. The van der Waals surface area contributed by atoms with Crippen LogP contribution in [0.25, 0.3) is 0 Å². The molecule has 1 rings (SSSR count). The van der Waals surface area contributed by atoms with E-state index in [0.29, 0.717) is 5.56 Å². The van der Waals surface area contributed by atoms with Gasteiger partial charge in [-0.2, -0.15) is 9.98 Å². The number of sulfonamides is 1. The highest BCUT2D eigenvalue weighted by Crippen LogP contribution is 2.12. The van der Waals surface area contributed by atoms with Crippen molar-refractivity contribution < 1.29 is 22.7 Å². The molecule has 0 saturated heterocycles. The van der Waals surface area contributed by atoms with E-state index in [1.807, 2.05) is 0 Å². The van der Waals surface area contributed by atoms with Crippen LogP contribution >= 0.6 is 0 Å². The summed E-state index contributed by atoms with van der Waals surface area (Å²) in [4.78, 5) is 22.7. The number of rotatable bonds is 6. The summed E-state index contributed by atoms with van der Waals surface area (Å²) >= 11 is 0. The summed E-state index contributed by atoms with van der Waals surface area (Å²) < 4.78 is 31.1. The molecule has 0 unspecified atom stereocenters. The molecule has 0 fully saturated rings. The molecule has 2 atom stereocenters. The normalized spacial score (nSPS) is 13.7. The van der Waals surface area contributed by atoms with Crippen LogP contribution in [0.5, 0.6) is 0 Å². The Bertz CT molecular complexity index is 704. The summed E-state index contributed by atoms with van der Waals surface area (Å²) in [5, 5.41) is 8.55. The van der Waals surface area contributed by atoms with Crippen LogP contribution in [0, 0.1) is 11.3 Å². The van der Waals surface area contributed by atoms with Crippen LogP contribution in [0.3, 0.4) is 0 Å². The topological polar surface area (TPSA) is 113 Å². The summed E-state index contributed by atoms with van der Waals surface area (Å²) in [6.07, 6.45) is -0.964. The maximum absolute atomic E-state index is 12.1. The molecule has 0 spiro atoms. The van der Waals surface area contributed by atoms with Gasteiger partial charge in [-0.1, -0.05) is 12.1 Å². The van der Waals surface area contributed by atoms with Gasteiger partial charge >= 0.3 is 5.97 Å². The van der Waals surface area contributed by atoms with Gasteiger partial charge in [-0.25, -0.2) is 8.42 Å². The van der Waals surface area contributed by atoms with E-state index in [1.54, 1.807) is 6.07 Å². The number of hydrogen-bond acceptors (Lipinski definition) is 6. The lowest BCUT2D eigenvalue weighted by Gasteiger charge is -2.14. The van der Waals surface area contributed by atoms with E-state index < -0.39 is 28.1 Å². The van der Waals surface area contributed by atoms with E-state index in [2.05, 4.69) is 4.72 Å². The summed E-state index contributed by atoms with van der Waals surface area (Å²) in [6.45, 7) is 4.06. The second kappa shape index (κ2) is 7.15. The van der Waals surface area contributed by atoms with E-state index in [9.17, 15) is 18.0 Å². The molecule has 0 radical (unpaired) electrons. The summed E-state index contributed by atoms with van der Waals surface area (Å²) in [7, 11) is -3.93. The van der Waals surface area contributed by atoms with E-state index in [4.69, 9.17) is 10.00 Å². The van der Waals surface area contributed by atoms with Gasteiger partial charge in [-0.05, 0) is 32.9 Å². The molecule has 0 heterocycles. The quantitative estimate of drug-likeness (QED) is 0.617. The van der Waals surface area contributed by atoms with Gasteiger partial charge in [0.05, 0.1) is 4.90 Å². The molecule has 118 valence electrons. The van der Waals surface area contributed by atoms with Gasteiger partial charge in [0.15, 0.2) is 11.9 Å². The number of Topliss-reactive ketones (excluding diaryl/α,β-unsaturated/α-hetero) is 1. The van der Waals surface area contributed by atoms with Crippen LogP contribution in [0.1, 0.15) is 31.1 Å². The van der Waals surface area contributed by atoms with Crippen molar-refractivity contribution in [1.82, 2.24) is 4.72 Å². The Hall–Kier alpha value is -2.24. The van der Waals surface area contributed by atoms with Gasteiger partial charge in [-0.3, -0.25) is 9.59 Å². The Labute approximate surface area is 128 Å². The Kier molecular flexibility index (Phi) is 5.79. The van der Waals surface area contributed by atoms with Crippen molar-refractivity contribution >= 4 is 21.8 Å². The zero-order chi connectivity index (χ0) is 16.9. The predicted octanol–water partition coefficient (Wildman–Crippen LogP) is 1.01. The van der Waals surface area contributed by atoms with Gasteiger partial charge in [-0.15, -0.1) is 0 Å². The Balaban J connectivity index is 2.85. The first-order valence-corrected chi connectivity index (χ1v) is 7.89. The average molecular weight is 324 g/mol. The standard InChI is InChI=1S/C14H16N2O5S/c1-9(8-15)21-14(18)10(2)16-22(19,20)13-6-4-12(5-7-13)11(3)17/h4-7,9-10,16H,1-3H3/t9-,10+/m1/s1. The van der Waals surface area contributed by atoms with Crippen molar-refractivity contribution in [1.29, 1.82) is 5.26 Å². The third kappa shape index (κ3) is 4.65. The number of nitrogens with one attached hydrogen (secondary N) is 1. The highest BCUT2D eigenvalue weighted by atomic mass is 32.2. The minimum absolute atomic E-state index is 0.0783. The van der Waals surface area contributed by atoms with Crippen LogP contribution in [-0.4, -0.2) is 32.3 Å². The lowest BCUT2D eigenvalue weighted by atomic mass is 10.2. The third-order valence-electron chi connectivity index (χ3n) is 2.73. The maximum atomic E-state index is 12.1. The predicted molar refractivity (Wildman–Crippen MR) is 77.4 cm³/mol. The minimum atomic E-state index is -3.93. The highest BCUT2D eigenvalue weighted by Gasteiger charge is 2.24. The van der Waals surface area contributed by atoms with E-state index in [0.717, 1.165) is 0 Å². The molecule has 0 aliphatic heterocycles. The zero-order valence-electron chi connectivity index (χ0n) is 12.4. The molecule has 0 bridgehead atoms. The van der Waals surface area contributed by atoms with Crippen molar-refractivity contribution in [3.63, 3.8) is 0 Å². The number of hydrogen-bond donors (Lipinski definition) is 1. The average Bonchev–Trinajstić information content (AvgIpc) is 2.46. The lowest BCUT2D eigenvalue weighted by molar-refractivity contribution is -0.147.